The van der Waals surface area contributed by atoms with E-state index in [0.717, 1.165) is 0 Å². The van der Waals surface area contributed by atoms with Gasteiger partial charge in [0.2, 0.25) is 5.91 Å². The Bertz CT molecular complexity index is 119. The van der Waals surface area contributed by atoms with Crippen molar-refractivity contribution in [3.8, 4) is 0 Å². The third kappa shape index (κ3) is 7.18. The van der Waals surface area contributed by atoms with Crippen LogP contribution in [0.3, 0.4) is 0 Å². The van der Waals surface area contributed by atoms with E-state index in [1.165, 1.54) is 0 Å². The molecule has 5 heteroatoms. The Balaban J connectivity index is 3.23. The van der Waals surface area contributed by atoms with Crippen LogP contribution in [0.15, 0.2) is 0 Å². The van der Waals surface area contributed by atoms with E-state index in [9.17, 15) is 13.6 Å². The number of hydrogen-bond donors (Lipinski definition) is 2. The van der Waals surface area contributed by atoms with Gasteiger partial charge in [0.1, 0.15) is 0 Å². The van der Waals surface area contributed by atoms with Gasteiger partial charge in [-0.2, -0.15) is 0 Å². The van der Waals surface area contributed by atoms with Crippen LogP contribution in [0, 0.1) is 0 Å². The van der Waals surface area contributed by atoms with Crippen molar-refractivity contribution >= 4 is 5.91 Å². The number of halogens is 2. The van der Waals surface area contributed by atoms with Gasteiger partial charge in [-0.25, -0.2) is 8.78 Å². The maximum Gasteiger partial charge on any atom is 0.255 e. The molecular formula is C6H12F2N2O. The van der Waals surface area contributed by atoms with Crippen molar-refractivity contribution in [2.75, 3.05) is 13.1 Å². The van der Waals surface area contributed by atoms with Crippen molar-refractivity contribution in [3.63, 3.8) is 0 Å². The lowest BCUT2D eigenvalue weighted by Crippen LogP contribution is -2.28. The third-order valence-electron chi connectivity index (χ3n) is 1.06. The Hall–Kier alpha value is -0.710. The second-order valence-electron chi connectivity index (χ2n) is 2.09. The fourth-order valence-corrected chi connectivity index (χ4v) is 0.542. The Labute approximate surface area is 63.9 Å². The predicted octanol–water partition coefficient (Wildman–Crippen LogP) is 0.107. The summed E-state index contributed by atoms with van der Waals surface area (Å²) in [5.41, 5.74) is 5.10. The van der Waals surface area contributed by atoms with E-state index in [2.05, 4.69) is 5.32 Å². The van der Waals surface area contributed by atoms with Crippen LogP contribution in [0.5, 0.6) is 0 Å². The van der Waals surface area contributed by atoms with Crippen molar-refractivity contribution in [2.45, 2.75) is 19.3 Å². The van der Waals surface area contributed by atoms with Gasteiger partial charge in [-0.3, -0.25) is 4.79 Å². The molecule has 0 aliphatic heterocycles. The van der Waals surface area contributed by atoms with Crippen LogP contribution in [-0.2, 0) is 4.79 Å². The molecule has 0 aliphatic rings. The predicted molar refractivity (Wildman–Crippen MR) is 37.3 cm³/mol. The third-order valence-corrected chi connectivity index (χ3v) is 1.06. The van der Waals surface area contributed by atoms with Crippen LogP contribution in [0.4, 0.5) is 8.78 Å². The zero-order chi connectivity index (χ0) is 8.69. The van der Waals surface area contributed by atoms with Gasteiger partial charge in [-0.05, 0) is 13.0 Å². The summed E-state index contributed by atoms with van der Waals surface area (Å²) in [6.45, 7) is -0.161. The molecule has 0 spiro atoms. The highest BCUT2D eigenvalue weighted by atomic mass is 19.3. The molecule has 0 bridgehead atoms. The van der Waals surface area contributed by atoms with Crippen molar-refractivity contribution in [1.82, 2.24) is 5.32 Å². The van der Waals surface area contributed by atoms with E-state index >= 15 is 0 Å². The first kappa shape index (κ1) is 10.3. The number of hydrogen-bond acceptors (Lipinski definition) is 2. The summed E-state index contributed by atoms with van der Waals surface area (Å²) >= 11 is 0. The van der Waals surface area contributed by atoms with Gasteiger partial charge in [-0.15, -0.1) is 0 Å². The van der Waals surface area contributed by atoms with Crippen molar-refractivity contribution in [2.24, 2.45) is 5.73 Å². The van der Waals surface area contributed by atoms with Gasteiger partial charge < -0.3 is 11.1 Å². The number of carbonyl (C=O) groups is 1. The van der Waals surface area contributed by atoms with Gasteiger partial charge in [-0.1, -0.05) is 0 Å². The summed E-state index contributed by atoms with van der Waals surface area (Å²) in [7, 11) is 0. The smallest absolute Gasteiger partial charge is 0.255 e. The molecule has 0 heterocycles. The zero-order valence-electron chi connectivity index (χ0n) is 6.15. The molecule has 0 radical (unpaired) electrons. The van der Waals surface area contributed by atoms with Gasteiger partial charge >= 0.3 is 0 Å². The molecule has 0 saturated carbocycles. The standard InChI is InChI=1S/C6H12F2N2O/c7-5(8)4-10-6(11)2-1-3-9/h5H,1-4,9H2,(H,10,11). The lowest BCUT2D eigenvalue weighted by Gasteiger charge is -2.02. The van der Waals surface area contributed by atoms with E-state index < -0.39 is 13.0 Å². The second kappa shape index (κ2) is 6.03. The maximum absolute atomic E-state index is 11.5. The van der Waals surface area contributed by atoms with E-state index in [1.54, 1.807) is 0 Å². The van der Waals surface area contributed by atoms with Gasteiger partial charge in [0.05, 0.1) is 6.54 Å². The molecule has 3 N–H and O–H groups in total. The minimum Gasteiger partial charge on any atom is -0.350 e. The second-order valence-corrected chi connectivity index (χ2v) is 2.09. The summed E-state index contributed by atoms with van der Waals surface area (Å²) in [5.74, 6) is -0.365. The molecule has 0 fully saturated rings. The molecule has 0 aliphatic carbocycles. The fourth-order valence-electron chi connectivity index (χ4n) is 0.542. The minimum atomic E-state index is -2.48. The Kier molecular flexibility index (Phi) is 5.64. The van der Waals surface area contributed by atoms with Crippen molar-refractivity contribution in [3.05, 3.63) is 0 Å². The topological polar surface area (TPSA) is 55.1 Å². The van der Waals surface area contributed by atoms with Crippen LogP contribution < -0.4 is 11.1 Å². The first-order chi connectivity index (χ1) is 5.16. The largest absolute Gasteiger partial charge is 0.350 e. The van der Waals surface area contributed by atoms with Crippen LogP contribution >= 0.6 is 0 Å². The Morgan fingerprint density at radius 2 is 2.18 bits per heavy atom. The highest BCUT2D eigenvalue weighted by Gasteiger charge is 2.04. The molecule has 0 atom stereocenters. The van der Waals surface area contributed by atoms with Crippen molar-refractivity contribution in [1.29, 1.82) is 0 Å². The SMILES string of the molecule is NCCCC(=O)NCC(F)F. The number of alkyl halides is 2. The lowest BCUT2D eigenvalue weighted by atomic mass is 10.3. The fraction of sp³-hybridized carbons (Fsp3) is 0.833. The summed E-state index contributed by atoms with van der Waals surface area (Å²) < 4.78 is 23.0. The monoisotopic (exact) mass is 166 g/mol. The van der Waals surface area contributed by atoms with Crippen LogP contribution in [-0.4, -0.2) is 25.4 Å². The Morgan fingerprint density at radius 1 is 1.55 bits per heavy atom. The highest BCUT2D eigenvalue weighted by Crippen LogP contribution is 1.90. The normalized spacial score (nSPS) is 10.2. The average Bonchev–Trinajstić information content (AvgIpc) is 1.97. The average molecular weight is 166 g/mol. The molecule has 0 aromatic heterocycles. The molecule has 11 heavy (non-hydrogen) atoms. The molecule has 0 rings (SSSR count). The first-order valence-electron chi connectivity index (χ1n) is 3.41. The highest BCUT2D eigenvalue weighted by molar-refractivity contribution is 5.75. The number of nitrogens with one attached hydrogen (secondary N) is 1. The molecule has 1 amide bonds. The zero-order valence-corrected chi connectivity index (χ0v) is 6.15. The quantitative estimate of drug-likeness (QED) is 0.609. The van der Waals surface area contributed by atoms with Crippen molar-refractivity contribution < 1.29 is 13.6 Å². The van der Waals surface area contributed by atoms with E-state index in [4.69, 9.17) is 5.73 Å². The summed E-state index contributed by atoms with van der Waals surface area (Å²) in [5, 5.41) is 2.07. The molecule has 3 nitrogen and oxygen atoms in total. The summed E-state index contributed by atoms with van der Waals surface area (Å²) in [6.07, 6.45) is -1.71. The van der Waals surface area contributed by atoms with Crippen LogP contribution in [0.25, 0.3) is 0 Å². The lowest BCUT2D eigenvalue weighted by molar-refractivity contribution is -0.121. The summed E-state index contributed by atoms with van der Waals surface area (Å²) in [6, 6.07) is 0. The number of nitrogens with two attached hydrogens (primary N) is 1. The van der Waals surface area contributed by atoms with Gasteiger partial charge in [0, 0.05) is 6.42 Å². The molecule has 0 aromatic rings. The number of carbonyl (C=O) groups excluding carboxylic acids is 1. The van der Waals surface area contributed by atoms with Crippen LogP contribution in [0.2, 0.25) is 0 Å². The van der Waals surface area contributed by atoms with Gasteiger partial charge in [0.25, 0.3) is 6.43 Å². The van der Waals surface area contributed by atoms with Gasteiger partial charge in [0.15, 0.2) is 0 Å². The van der Waals surface area contributed by atoms with E-state index in [1.807, 2.05) is 0 Å². The Morgan fingerprint density at radius 3 is 2.64 bits per heavy atom. The minimum absolute atomic E-state index is 0.225. The number of amides is 1. The van der Waals surface area contributed by atoms with E-state index in [-0.39, 0.29) is 12.3 Å². The number of rotatable bonds is 5. The molecule has 0 saturated heterocycles. The molecular weight excluding hydrogens is 154 g/mol. The maximum atomic E-state index is 11.5. The van der Waals surface area contributed by atoms with Crippen LogP contribution in [0.1, 0.15) is 12.8 Å². The summed E-state index contributed by atoms with van der Waals surface area (Å²) in [4.78, 5) is 10.6. The molecule has 0 unspecified atom stereocenters. The van der Waals surface area contributed by atoms with E-state index in [0.29, 0.717) is 13.0 Å². The molecule has 0 aromatic carbocycles. The first-order valence-corrected chi connectivity index (χ1v) is 3.41. The molecule has 66 valence electrons.